The lowest BCUT2D eigenvalue weighted by molar-refractivity contribution is 0.0838. The third-order valence-corrected chi connectivity index (χ3v) is 6.52. The molecule has 1 saturated heterocycles. The number of benzene rings is 2. The maximum atomic E-state index is 12.0. The van der Waals surface area contributed by atoms with Crippen molar-refractivity contribution in [2.24, 2.45) is 7.05 Å². The van der Waals surface area contributed by atoms with Gasteiger partial charge in [-0.05, 0) is 55.3 Å². The van der Waals surface area contributed by atoms with Crippen LogP contribution in [-0.4, -0.2) is 27.7 Å². The van der Waals surface area contributed by atoms with Crippen LogP contribution in [0.25, 0.3) is 33.5 Å². The summed E-state index contributed by atoms with van der Waals surface area (Å²) < 4.78 is 19.4. The molecule has 0 aliphatic carbocycles. The Labute approximate surface area is 202 Å². The maximum absolute atomic E-state index is 12.0. The predicted molar refractivity (Wildman–Crippen MR) is 134 cm³/mol. The Morgan fingerprint density at radius 2 is 1.86 bits per heavy atom. The van der Waals surface area contributed by atoms with Crippen LogP contribution in [0.5, 0.6) is 11.5 Å². The lowest BCUT2D eigenvalue weighted by atomic mass is 10.00. The molecule has 6 rings (SSSR count). The number of aromatic amines is 1. The van der Waals surface area contributed by atoms with E-state index < -0.39 is 0 Å². The average molecular weight is 468 g/mol. The summed E-state index contributed by atoms with van der Waals surface area (Å²) in [7, 11) is 1.74. The summed E-state index contributed by atoms with van der Waals surface area (Å²) in [6, 6.07) is 19.0. The molecule has 35 heavy (non-hydrogen) atoms. The summed E-state index contributed by atoms with van der Waals surface area (Å²) in [5.41, 5.74) is 4.17. The van der Waals surface area contributed by atoms with Crippen molar-refractivity contribution in [3.63, 3.8) is 0 Å². The second kappa shape index (κ2) is 8.92. The van der Waals surface area contributed by atoms with Crippen LogP contribution in [0.4, 0.5) is 0 Å². The van der Waals surface area contributed by atoms with Crippen LogP contribution in [0.3, 0.4) is 0 Å². The molecule has 7 heteroatoms. The molecular weight excluding hydrogens is 442 g/mol. The Morgan fingerprint density at radius 3 is 2.66 bits per heavy atom. The molecule has 0 amide bonds. The summed E-state index contributed by atoms with van der Waals surface area (Å²) in [5, 5.41) is 0. The van der Waals surface area contributed by atoms with Gasteiger partial charge in [0.15, 0.2) is 5.75 Å². The summed E-state index contributed by atoms with van der Waals surface area (Å²) >= 11 is 0. The van der Waals surface area contributed by atoms with Crippen LogP contribution in [0.2, 0.25) is 0 Å². The highest BCUT2D eigenvalue weighted by Crippen LogP contribution is 2.42. The van der Waals surface area contributed by atoms with E-state index in [0.29, 0.717) is 17.4 Å². The molecule has 1 aliphatic heterocycles. The zero-order valence-corrected chi connectivity index (χ0v) is 19.4. The fraction of sp³-hybridized carbons (Fsp3) is 0.214. The number of nitrogens with zero attached hydrogens (tertiary/aromatic N) is 2. The molecule has 1 fully saturated rings. The number of rotatable bonds is 5. The summed E-state index contributed by atoms with van der Waals surface area (Å²) in [6.07, 6.45) is 5.34. The number of pyridine rings is 1. The van der Waals surface area contributed by atoms with Crippen LogP contribution in [0.15, 0.2) is 82.3 Å². The third-order valence-electron chi connectivity index (χ3n) is 6.52. The number of aromatic nitrogens is 3. The SMILES string of the molecule is Cn1cc(-c2ccc3[nH]c(C4CCOCC4)nc3c2Oc2ccccc2-c2ccco2)ccc1=O. The van der Waals surface area contributed by atoms with Gasteiger partial charge in [0, 0.05) is 49.6 Å². The Kier molecular flexibility index (Phi) is 5.47. The van der Waals surface area contributed by atoms with Gasteiger partial charge in [-0.2, -0.15) is 0 Å². The molecule has 5 aromatic rings. The molecule has 7 nitrogen and oxygen atoms in total. The molecule has 0 unspecified atom stereocenters. The van der Waals surface area contributed by atoms with Crippen molar-refractivity contribution < 1.29 is 13.9 Å². The molecule has 0 spiro atoms. The molecule has 1 aliphatic rings. The van der Waals surface area contributed by atoms with Crippen molar-refractivity contribution in [1.29, 1.82) is 0 Å². The van der Waals surface area contributed by atoms with Gasteiger partial charge in [-0.15, -0.1) is 0 Å². The first-order valence-electron chi connectivity index (χ1n) is 11.8. The number of hydrogen-bond acceptors (Lipinski definition) is 5. The van der Waals surface area contributed by atoms with Crippen LogP contribution < -0.4 is 10.3 Å². The van der Waals surface area contributed by atoms with Crippen molar-refractivity contribution in [3.8, 4) is 33.9 Å². The summed E-state index contributed by atoms with van der Waals surface area (Å²) in [4.78, 5) is 20.6. The van der Waals surface area contributed by atoms with Gasteiger partial charge in [0.25, 0.3) is 0 Å². The van der Waals surface area contributed by atoms with E-state index in [4.69, 9.17) is 18.9 Å². The number of aryl methyl sites for hydroxylation is 1. The van der Waals surface area contributed by atoms with Crippen molar-refractivity contribution in [2.75, 3.05) is 13.2 Å². The van der Waals surface area contributed by atoms with Crippen molar-refractivity contribution >= 4 is 11.0 Å². The van der Waals surface area contributed by atoms with E-state index in [1.165, 1.54) is 0 Å². The lowest BCUT2D eigenvalue weighted by Gasteiger charge is -2.19. The van der Waals surface area contributed by atoms with E-state index in [2.05, 4.69) is 4.98 Å². The zero-order chi connectivity index (χ0) is 23.8. The molecule has 0 saturated carbocycles. The highest BCUT2D eigenvalue weighted by Gasteiger charge is 2.23. The summed E-state index contributed by atoms with van der Waals surface area (Å²) in [5.74, 6) is 3.29. The minimum atomic E-state index is -0.0676. The number of para-hydroxylation sites is 1. The van der Waals surface area contributed by atoms with Crippen molar-refractivity contribution in [1.82, 2.24) is 14.5 Å². The number of fused-ring (bicyclic) bond motifs is 1. The molecule has 2 aromatic carbocycles. The van der Waals surface area contributed by atoms with Crippen LogP contribution in [-0.2, 0) is 11.8 Å². The van der Waals surface area contributed by atoms with Gasteiger partial charge in [0.1, 0.15) is 22.9 Å². The molecule has 0 atom stereocenters. The summed E-state index contributed by atoms with van der Waals surface area (Å²) in [6.45, 7) is 1.48. The maximum Gasteiger partial charge on any atom is 0.250 e. The number of imidazole rings is 1. The number of H-pyrrole nitrogens is 1. The lowest BCUT2D eigenvalue weighted by Crippen LogP contribution is -2.15. The van der Waals surface area contributed by atoms with Crippen LogP contribution in [0, 0.1) is 0 Å². The number of ether oxygens (including phenoxy) is 2. The third kappa shape index (κ3) is 4.04. The monoisotopic (exact) mass is 467 g/mol. The molecule has 4 heterocycles. The van der Waals surface area contributed by atoms with Crippen LogP contribution >= 0.6 is 0 Å². The highest BCUT2D eigenvalue weighted by molar-refractivity contribution is 5.91. The Morgan fingerprint density at radius 1 is 1.00 bits per heavy atom. The van der Waals surface area contributed by atoms with E-state index in [9.17, 15) is 4.79 Å². The number of hydrogen-bond donors (Lipinski definition) is 1. The van der Waals surface area contributed by atoms with E-state index in [1.54, 1.807) is 23.9 Å². The predicted octanol–water partition coefficient (Wildman–Crippen LogP) is 5.87. The average Bonchev–Trinajstić information content (AvgIpc) is 3.58. The normalized spacial score (nSPS) is 14.4. The molecule has 0 radical (unpaired) electrons. The van der Waals surface area contributed by atoms with Crippen molar-refractivity contribution in [2.45, 2.75) is 18.8 Å². The molecule has 3 aromatic heterocycles. The smallest absolute Gasteiger partial charge is 0.250 e. The van der Waals surface area contributed by atoms with Gasteiger partial charge in [-0.25, -0.2) is 4.98 Å². The first-order valence-corrected chi connectivity index (χ1v) is 11.8. The quantitative estimate of drug-likeness (QED) is 0.349. The van der Waals surface area contributed by atoms with Gasteiger partial charge in [0.05, 0.1) is 17.3 Å². The Bertz CT molecular complexity index is 1540. The van der Waals surface area contributed by atoms with Gasteiger partial charge in [-0.1, -0.05) is 12.1 Å². The van der Waals surface area contributed by atoms with Crippen LogP contribution in [0.1, 0.15) is 24.6 Å². The largest absolute Gasteiger partial charge is 0.464 e. The molecular formula is C28H25N3O4. The minimum absolute atomic E-state index is 0.0676. The van der Waals surface area contributed by atoms with E-state index in [1.807, 2.05) is 60.8 Å². The van der Waals surface area contributed by atoms with Gasteiger partial charge >= 0.3 is 0 Å². The van der Waals surface area contributed by atoms with Crippen molar-refractivity contribution in [3.05, 3.63) is 89.3 Å². The fourth-order valence-electron chi connectivity index (χ4n) is 4.62. The second-order valence-corrected chi connectivity index (χ2v) is 8.79. The topological polar surface area (TPSA) is 82.3 Å². The molecule has 0 bridgehead atoms. The Hall–Kier alpha value is -4.10. The van der Waals surface area contributed by atoms with Gasteiger partial charge in [-0.3, -0.25) is 4.79 Å². The van der Waals surface area contributed by atoms with E-state index in [-0.39, 0.29) is 5.56 Å². The number of nitrogens with one attached hydrogen (secondary N) is 1. The van der Waals surface area contributed by atoms with Gasteiger partial charge < -0.3 is 23.4 Å². The number of furan rings is 1. The van der Waals surface area contributed by atoms with E-state index in [0.717, 1.165) is 65.4 Å². The second-order valence-electron chi connectivity index (χ2n) is 8.79. The first-order chi connectivity index (χ1) is 17.2. The highest BCUT2D eigenvalue weighted by atomic mass is 16.5. The fourth-order valence-corrected chi connectivity index (χ4v) is 4.62. The standard InChI is InChI=1S/C28H25N3O4/c1-31-17-19(8-11-25(31)32)20-9-10-22-26(30-28(29-22)18-12-15-33-16-13-18)27(20)35-24-6-3-2-5-21(24)23-7-4-14-34-23/h2-11,14,17-18H,12-13,15-16H2,1H3,(H,29,30). The van der Waals surface area contributed by atoms with Gasteiger partial charge in [0.2, 0.25) is 5.56 Å². The minimum Gasteiger partial charge on any atom is -0.464 e. The molecule has 176 valence electrons. The van der Waals surface area contributed by atoms with E-state index >= 15 is 0 Å². The first kappa shape index (κ1) is 21.4. The Balaban J connectivity index is 1.53. The zero-order valence-electron chi connectivity index (χ0n) is 19.4. The molecule has 1 N–H and O–H groups in total.